The minimum Gasteiger partial charge on any atom is -0.368 e. The SMILES string of the molecule is Cc1ccc(Cn2c(N3CCN(c4ccccc4)CC3)nc3c2c(=O)n(C)c(=O)n3C)cc1. The van der Waals surface area contributed by atoms with Crippen molar-refractivity contribution in [2.24, 2.45) is 14.1 Å². The summed E-state index contributed by atoms with van der Waals surface area (Å²) in [4.78, 5) is 35.1. The second-order valence-electron chi connectivity index (χ2n) is 8.67. The van der Waals surface area contributed by atoms with Gasteiger partial charge >= 0.3 is 5.69 Å². The molecule has 1 saturated heterocycles. The first-order chi connectivity index (χ1) is 15.9. The molecule has 8 nitrogen and oxygen atoms in total. The Bertz CT molecular complexity index is 1410. The Balaban J connectivity index is 1.57. The maximum atomic E-state index is 13.2. The second-order valence-corrected chi connectivity index (χ2v) is 8.67. The summed E-state index contributed by atoms with van der Waals surface area (Å²) in [5.74, 6) is 0.733. The predicted molar refractivity (Wildman–Crippen MR) is 131 cm³/mol. The Morgan fingerprint density at radius 1 is 0.818 bits per heavy atom. The quantitative estimate of drug-likeness (QED) is 0.482. The highest BCUT2D eigenvalue weighted by molar-refractivity contribution is 5.75. The van der Waals surface area contributed by atoms with E-state index in [-0.39, 0.29) is 11.2 Å². The number of imidazole rings is 1. The molecule has 2 aromatic carbocycles. The Kier molecular flexibility index (Phi) is 5.28. The molecule has 0 radical (unpaired) electrons. The summed E-state index contributed by atoms with van der Waals surface area (Å²) in [5, 5.41) is 0. The van der Waals surface area contributed by atoms with Crippen LogP contribution in [0.3, 0.4) is 0 Å². The monoisotopic (exact) mass is 444 g/mol. The molecule has 33 heavy (non-hydrogen) atoms. The number of hydrogen-bond donors (Lipinski definition) is 0. The van der Waals surface area contributed by atoms with Crippen molar-refractivity contribution in [3.63, 3.8) is 0 Å². The molecule has 0 amide bonds. The Morgan fingerprint density at radius 3 is 2.12 bits per heavy atom. The molecule has 170 valence electrons. The summed E-state index contributed by atoms with van der Waals surface area (Å²) in [6.07, 6.45) is 0. The molecular weight excluding hydrogens is 416 g/mol. The summed E-state index contributed by atoms with van der Waals surface area (Å²) >= 11 is 0. The van der Waals surface area contributed by atoms with Gasteiger partial charge in [-0.25, -0.2) is 4.79 Å². The highest BCUT2D eigenvalue weighted by atomic mass is 16.2. The van der Waals surface area contributed by atoms with Crippen molar-refractivity contribution < 1.29 is 0 Å². The van der Waals surface area contributed by atoms with Crippen LogP contribution in [-0.4, -0.2) is 44.9 Å². The number of aromatic nitrogens is 4. The molecule has 4 aromatic rings. The molecule has 0 saturated carbocycles. The lowest BCUT2D eigenvalue weighted by atomic mass is 10.1. The first-order valence-electron chi connectivity index (χ1n) is 11.2. The van der Waals surface area contributed by atoms with E-state index in [4.69, 9.17) is 4.98 Å². The molecule has 5 rings (SSSR count). The molecule has 3 heterocycles. The van der Waals surface area contributed by atoms with Gasteiger partial charge in [0.25, 0.3) is 5.56 Å². The Morgan fingerprint density at radius 2 is 1.45 bits per heavy atom. The van der Waals surface area contributed by atoms with Gasteiger partial charge in [0.15, 0.2) is 11.2 Å². The van der Waals surface area contributed by atoms with Crippen LogP contribution < -0.4 is 21.0 Å². The normalized spacial score (nSPS) is 14.3. The topological polar surface area (TPSA) is 68.3 Å². The Labute approximate surface area is 191 Å². The van der Waals surface area contributed by atoms with E-state index in [1.807, 2.05) is 10.6 Å². The highest BCUT2D eigenvalue weighted by Crippen LogP contribution is 2.24. The molecule has 1 fully saturated rings. The third kappa shape index (κ3) is 3.71. The number of hydrogen-bond acceptors (Lipinski definition) is 5. The Hall–Kier alpha value is -3.81. The van der Waals surface area contributed by atoms with Crippen LogP contribution in [0.5, 0.6) is 0 Å². The maximum Gasteiger partial charge on any atom is 0.332 e. The lowest BCUT2D eigenvalue weighted by molar-refractivity contribution is 0.625. The van der Waals surface area contributed by atoms with Crippen molar-refractivity contribution in [1.82, 2.24) is 18.7 Å². The summed E-state index contributed by atoms with van der Waals surface area (Å²) in [5.41, 5.74) is 3.68. The first kappa shape index (κ1) is 21.1. The van der Waals surface area contributed by atoms with Gasteiger partial charge in [0, 0.05) is 46.0 Å². The molecule has 1 aliphatic rings. The van der Waals surface area contributed by atoms with Crippen molar-refractivity contribution in [1.29, 1.82) is 0 Å². The molecule has 1 aliphatic heterocycles. The third-order valence-corrected chi connectivity index (χ3v) is 6.47. The average Bonchev–Trinajstić information content (AvgIpc) is 3.22. The van der Waals surface area contributed by atoms with E-state index in [0.717, 1.165) is 42.3 Å². The summed E-state index contributed by atoms with van der Waals surface area (Å²) < 4.78 is 4.60. The van der Waals surface area contributed by atoms with Gasteiger partial charge in [-0.15, -0.1) is 0 Å². The van der Waals surface area contributed by atoms with E-state index in [9.17, 15) is 9.59 Å². The average molecular weight is 445 g/mol. The number of piperazine rings is 1. The van der Waals surface area contributed by atoms with Crippen LogP contribution in [0.1, 0.15) is 11.1 Å². The van der Waals surface area contributed by atoms with Crippen LogP contribution in [0.25, 0.3) is 11.2 Å². The lowest BCUT2D eigenvalue weighted by Gasteiger charge is -2.36. The third-order valence-electron chi connectivity index (χ3n) is 6.47. The molecule has 0 atom stereocenters. The van der Waals surface area contributed by atoms with Crippen LogP contribution in [-0.2, 0) is 20.6 Å². The van der Waals surface area contributed by atoms with E-state index in [2.05, 4.69) is 65.3 Å². The van der Waals surface area contributed by atoms with Crippen molar-refractivity contribution >= 4 is 22.8 Å². The van der Waals surface area contributed by atoms with Crippen molar-refractivity contribution in [3.05, 3.63) is 86.6 Å². The van der Waals surface area contributed by atoms with Gasteiger partial charge in [-0.1, -0.05) is 48.0 Å². The van der Waals surface area contributed by atoms with Crippen LogP contribution in [0, 0.1) is 6.92 Å². The van der Waals surface area contributed by atoms with Crippen LogP contribution in [0.2, 0.25) is 0 Å². The molecule has 2 aromatic heterocycles. The highest BCUT2D eigenvalue weighted by Gasteiger charge is 2.25. The van der Waals surface area contributed by atoms with E-state index >= 15 is 0 Å². The largest absolute Gasteiger partial charge is 0.368 e. The van der Waals surface area contributed by atoms with Gasteiger partial charge in [-0.05, 0) is 24.6 Å². The van der Waals surface area contributed by atoms with Gasteiger partial charge in [0.2, 0.25) is 5.95 Å². The standard InChI is InChI=1S/C25H28N6O2/c1-18-9-11-19(12-10-18)17-31-21-22(27(2)25(33)28(3)23(21)32)26-24(31)30-15-13-29(14-16-30)20-7-5-4-6-8-20/h4-12H,13-17H2,1-3H3. The zero-order valence-corrected chi connectivity index (χ0v) is 19.2. The number of rotatable bonds is 4. The number of para-hydroxylation sites is 1. The molecule has 0 N–H and O–H groups in total. The van der Waals surface area contributed by atoms with Gasteiger partial charge < -0.3 is 9.80 Å². The fraction of sp³-hybridized carbons (Fsp3) is 0.320. The minimum atomic E-state index is -0.368. The lowest BCUT2D eigenvalue weighted by Crippen LogP contribution is -2.47. The summed E-state index contributed by atoms with van der Waals surface area (Å²) in [7, 11) is 3.19. The molecule has 0 unspecified atom stereocenters. The summed E-state index contributed by atoms with van der Waals surface area (Å²) in [6, 6.07) is 18.7. The van der Waals surface area contributed by atoms with Crippen LogP contribution >= 0.6 is 0 Å². The van der Waals surface area contributed by atoms with Crippen molar-refractivity contribution in [3.8, 4) is 0 Å². The first-order valence-corrected chi connectivity index (χ1v) is 11.2. The maximum absolute atomic E-state index is 13.2. The predicted octanol–water partition coefficient (Wildman–Crippen LogP) is 2.12. The molecule has 0 bridgehead atoms. The smallest absolute Gasteiger partial charge is 0.332 e. The molecular formula is C25H28N6O2. The van der Waals surface area contributed by atoms with Crippen molar-refractivity contribution in [2.75, 3.05) is 36.0 Å². The van der Waals surface area contributed by atoms with Gasteiger partial charge in [0.1, 0.15) is 0 Å². The minimum absolute atomic E-state index is 0.318. The number of benzene rings is 2. The van der Waals surface area contributed by atoms with E-state index in [1.54, 1.807) is 7.05 Å². The zero-order valence-electron chi connectivity index (χ0n) is 19.2. The number of fused-ring (bicyclic) bond motifs is 1. The number of nitrogens with zero attached hydrogens (tertiary/aromatic N) is 6. The van der Waals surface area contributed by atoms with E-state index in [0.29, 0.717) is 17.7 Å². The molecule has 0 spiro atoms. The molecule has 8 heteroatoms. The van der Waals surface area contributed by atoms with E-state index < -0.39 is 0 Å². The van der Waals surface area contributed by atoms with E-state index in [1.165, 1.54) is 22.9 Å². The van der Waals surface area contributed by atoms with Crippen LogP contribution in [0.15, 0.2) is 64.2 Å². The second kappa shape index (κ2) is 8.27. The van der Waals surface area contributed by atoms with Gasteiger partial charge in [-0.2, -0.15) is 4.98 Å². The zero-order chi connectivity index (χ0) is 23.1. The number of anilines is 2. The number of aryl methyl sites for hydroxylation is 2. The van der Waals surface area contributed by atoms with Gasteiger partial charge in [0.05, 0.1) is 6.54 Å². The van der Waals surface area contributed by atoms with Crippen molar-refractivity contribution in [2.45, 2.75) is 13.5 Å². The molecule has 0 aliphatic carbocycles. The fourth-order valence-corrected chi connectivity index (χ4v) is 4.51. The summed E-state index contributed by atoms with van der Waals surface area (Å²) in [6.45, 7) is 5.84. The van der Waals surface area contributed by atoms with Gasteiger partial charge in [-0.3, -0.25) is 18.5 Å². The fourth-order valence-electron chi connectivity index (χ4n) is 4.51. The van der Waals surface area contributed by atoms with Crippen LogP contribution in [0.4, 0.5) is 11.6 Å².